The highest BCUT2D eigenvalue weighted by atomic mass is 16.8. The highest BCUT2D eigenvalue weighted by molar-refractivity contribution is 5.81. The molecule has 5 rings (SSSR count). The number of carbonyl (C=O) groups is 1. The molecular weight excluding hydrogens is 392 g/mol. The summed E-state index contributed by atoms with van der Waals surface area (Å²) in [7, 11) is 1.42. The van der Waals surface area contributed by atoms with E-state index in [1.54, 1.807) is 6.33 Å². The van der Waals surface area contributed by atoms with Gasteiger partial charge in [0.05, 0.1) is 26.0 Å². The number of methoxy groups -OCH3 is 1. The van der Waals surface area contributed by atoms with Crippen LogP contribution >= 0.6 is 0 Å². The van der Waals surface area contributed by atoms with Gasteiger partial charge >= 0.3 is 5.97 Å². The number of fused-ring (bicyclic) bond motifs is 2. The molecule has 2 aromatic heterocycles. The zero-order valence-corrected chi connectivity index (χ0v) is 17.2. The van der Waals surface area contributed by atoms with Gasteiger partial charge in [0.25, 0.3) is 0 Å². The average Bonchev–Trinajstić information content (AvgIpc) is 3.31. The Morgan fingerprint density at radius 3 is 2.93 bits per heavy atom. The third-order valence-electron chi connectivity index (χ3n) is 6.17. The molecule has 2 aromatic rings. The van der Waals surface area contributed by atoms with Gasteiger partial charge in [0.2, 0.25) is 5.72 Å². The molecule has 162 valence electrons. The van der Waals surface area contributed by atoms with Crippen molar-refractivity contribution in [3.05, 3.63) is 12.7 Å². The minimum atomic E-state index is -0.903. The molecule has 0 aromatic carbocycles. The minimum Gasteiger partial charge on any atom is -0.469 e. The molecule has 3 atom stereocenters. The van der Waals surface area contributed by atoms with Crippen LogP contribution in [0, 0.1) is 5.92 Å². The SMILES string of the molecule is COC(=O)C1CC(NCC2OCC3(n4cnc5c(N)ncnc54)OC(C)(C)OC23)C1. The second-order valence-electron chi connectivity index (χ2n) is 8.58. The van der Waals surface area contributed by atoms with Gasteiger partial charge in [-0.3, -0.25) is 9.36 Å². The fourth-order valence-electron chi connectivity index (χ4n) is 4.68. The highest BCUT2D eigenvalue weighted by Crippen LogP contribution is 2.47. The molecule has 3 aliphatic rings. The van der Waals surface area contributed by atoms with Crippen molar-refractivity contribution >= 4 is 23.0 Å². The van der Waals surface area contributed by atoms with E-state index in [2.05, 4.69) is 20.3 Å². The molecule has 3 N–H and O–H groups in total. The number of nitrogens with one attached hydrogen (secondary N) is 1. The fraction of sp³-hybridized carbons (Fsp3) is 0.684. The van der Waals surface area contributed by atoms with Crippen molar-refractivity contribution in [2.45, 2.75) is 56.5 Å². The number of ether oxygens (including phenoxy) is 4. The predicted molar refractivity (Wildman–Crippen MR) is 104 cm³/mol. The van der Waals surface area contributed by atoms with Crippen LogP contribution in [0.5, 0.6) is 0 Å². The lowest BCUT2D eigenvalue weighted by molar-refractivity contribution is -0.204. The molecule has 3 unspecified atom stereocenters. The summed E-state index contributed by atoms with van der Waals surface area (Å²) < 4.78 is 25.4. The van der Waals surface area contributed by atoms with Crippen LogP contribution in [-0.4, -0.2) is 69.8 Å². The van der Waals surface area contributed by atoms with Gasteiger partial charge in [0.1, 0.15) is 24.1 Å². The number of anilines is 1. The molecular formula is C19H26N6O5. The molecule has 3 fully saturated rings. The molecule has 2 aliphatic heterocycles. The van der Waals surface area contributed by atoms with Gasteiger partial charge in [-0.25, -0.2) is 15.0 Å². The van der Waals surface area contributed by atoms with Gasteiger partial charge in [-0.15, -0.1) is 0 Å². The third kappa shape index (κ3) is 2.96. The van der Waals surface area contributed by atoms with E-state index in [1.165, 1.54) is 13.4 Å². The number of nitrogens with zero attached hydrogens (tertiary/aromatic N) is 4. The quantitative estimate of drug-likeness (QED) is 0.646. The number of hydrogen-bond acceptors (Lipinski definition) is 10. The second kappa shape index (κ2) is 6.84. The van der Waals surface area contributed by atoms with Crippen LogP contribution in [0.1, 0.15) is 26.7 Å². The van der Waals surface area contributed by atoms with Crippen molar-refractivity contribution in [1.82, 2.24) is 24.8 Å². The molecule has 11 nitrogen and oxygen atoms in total. The molecule has 0 bridgehead atoms. The topological polar surface area (TPSA) is 136 Å². The summed E-state index contributed by atoms with van der Waals surface area (Å²) >= 11 is 0. The first-order chi connectivity index (χ1) is 14.3. The number of carbonyl (C=O) groups excluding carboxylic acids is 1. The Morgan fingerprint density at radius 1 is 1.37 bits per heavy atom. The smallest absolute Gasteiger partial charge is 0.308 e. The van der Waals surface area contributed by atoms with Crippen LogP contribution in [-0.2, 0) is 29.5 Å². The maximum atomic E-state index is 11.6. The van der Waals surface area contributed by atoms with Gasteiger partial charge in [0, 0.05) is 12.6 Å². The van der Waals surface area contributed by atoms with Crippen molar-refractivity contribution in [3.8, 4) is 0 Å². The van der Waals surface area contributed by atoms with E-state index in [0.29, 0.717) is 23.5 Å². The molecule has 0 radical (unpaired) electrons. The first kappa shape index (κ1) is 19.6. The monoisotopic (exact) mass is 418 g/mol. The molecule has 4 heterocycles. The van der Waals surface area contributed by atoms with Gasteiger partial charge in [-0.05, 0) is 26.7 Å². The zero-order chi connectivity index (χ0) is 21.1. The van der Waals surface area contributed by atoms with Crippen LogP contribution in [0.25, 0.3) is 11.2 Å². The van der Waals surface area contributed by atoms with Gasteiger partial charge in [0.15, 0.2) is 17.3 Å². The van der Waals surface area contributed by atoms with Crippen LogP contribution in [0.4, 0.5) is 5.82 Å². The van der Waals surface area contributed by atoms with Crippen molar-refractivity contribution in [1.29, 1.82) is 0 Å². The summed E-state index contributed by atoms with van der Waals surface area (Å²) in [4.78, 5) is 24.3. The Hall–Kier alpha value is -2.34. The molecule has 1 saturated carbocycles. The summed E-state index contributed by atoms with van der Waals surface area (Å²) in [6.45, 7) is 4.63. The standard InChI is InChI=1S/C19H26N6O5/c1-18(2)29-14-12(6-21-11-4-10(5-11)17(26)27-3)28-7-19(14,30-18)25-9-24-13-15(20)22-8-23-16(13)25/h8-12,14,21H,4-7H2,1-3H3,(H2,20,22,23). The number of rotatable bonds is 5. The van der Waals surface area contributed by atoms with Gasteiger partial charge in [-0.1, -0.05) is 0 Å². The molecule has 0 spiro atoms. The lowest BCUT2D eigenvalue weighted by atomic mass is 9.80. The van der Waals surface area contributed by atoms with Crippen LogP contribution in [0.3, 0.4) is 0 Å². The summed E-state index contributed by atoms with van der Waals surface area (Å²) in [6.07, 6.45) is 3.98. The summed E-state index contributed by atoms with van der Waals surface area (Å²) in [5.74, 6) is -0.656. The summed E-state index contributed by atoms with van der Waals surface area (Å²) in [5, 5.41) is 3.48. The van der Waals surface area contributed by atoms with Crippen molar-refractivity contribution in [3.63, 3.8) is 0 Å². The largest absolute Gasteiger partial charge is 0.469 e. The average molecular weight is 418 g/mol. The van der Waals surface area contributed by atoms with Crippen molar-refractivity contribution < 1.29 is 23.7 Å². The predicted octanol–water partition coefficient (Wildman–Crippen LogP) is 0.153. The maximum absolute atomic E-state index is 11.6. The van der Waals surface area contributed by atoms with E-state index >= 15 is 0 Å². The molecule has 30 heavy (non-hydrogen) atoms. The van der Waals surface area contributed by atoms with E-state index < -0.39 is 11.5 Å². The van der Waals surface area contributed by atoms with Gasteiger partial charge < -0.3 is 30.0 Å². The fourth-order valence-corrected chi connectivity index (χ4v) is 4.68. The number of aromatic nitrogens is 4. The normalized spacial score (nSPS) is 34.6. The zero-order valence-electron chi connectivity index (χ0n) is 17.2. The van der Waals surface area contributed by atoms with Crippen LogP contribution in [0.2, 0.25) is 0 Å². The van der Waals surface area contributed by atoms with Crippen molar-refractivity contribution in [2.24, 2.45) is 5.92 Å². The highest BCUT2D eigenvalue weighted by Gasteiger charge is 2.63. The molecule has 0 amide bonds. The number of nitrogens with two attached hydrogens (primary N) is 1. The minimum absolute atomic E-state index is 0.0245. The Balaban J connectivity index is 1.35. The number of imidazole rings is 1. The second-order valence-corrected chi connectivity index (χ2v) is 8.58. The maximum Gasteiger partial charge on any atom is 0.308 e. The summed E-state index contributed by atoms with van der Waals surface area (Å²) in [6, 6.07) is 0.254. The summed E-state index contributed by atoms with van der Waals surface area (Å²) in [5.41, 5.74) is 6.14. The number of nitrogen functional groups attached to an aromatic ring is 1. The number of hydrogen-bond donors (Lipinski definition) is 2. The first-order valence-corrected chi connectivity index (χ1v) is 10.1. The van der Waals surface area contributed by atoms with E-state index in [-0.39, 0.29) is 36.7 Å². The van der Waals surface area contributed by atoms with Gasteiger partial charge in [-0.2, -0.15) is 0 Å². The Labute approximate surface area is 173 Å². The number of esters is 1. The first-order valence-electron chi connectivity index (χ1n) is 10.1. The molecule has 2 saturated heterocycles. The Bertz CT molecular complexity index is 973. The molecule has 11 heteroatoms. The van der Waals surface area contributed by atoms with E-state index in [0.717, 1.165) is 12.8 Å². The van der Waals surface area contributed by atoms with Crippen LogP contribution < -0.4 is 11.1 Å². The van der Waals surface area contributed by atoms with E-state index in [4.69, 9.17) is 24.7 Å². The lowest BCUT2D eigenvalue weighted by Gasteiger charge is -2.35. The Kier molecular flexibility index (Phi) is 4.47. The third-order valence-corrected chi connectivity index (χ3v) is 6.17. The van der Waals surface area contributed by atoms with Crippen molar-refractivity contribution in [2.75, 3.05) is 26.0 Å². The lowest BCUT2D eigenvalue weighted by Crippen LogP contribution is -2.50. The van der Waals surface area contributed by atoms with E-state index in [1.807, 2.05) is 18.4 Å². The molecule has 1 aliphatic carbocycles. The van der Waals surface area contributed by atoms with Crippen LogP contribution in [0.15, 0.2) is 12.7 Å². The Morgan fingerprint density at radius 2 is 2.17 bits per heavy atom. The van der Waals surface area contributed by atoms with E-state index in [9.17, 15) is 4.79 Å².